The second-order valence-corrected chi connectivity index (χ2v) is 12.4. The Morgan fingerprint density at radius 2 is 1.91 bits per heavy atom. The van der Waals surface area contributed by atoms with Crippen LogP contribution in [0.25, 0.3) is 0 Å². The van der Waals surface area contributed by atoms with E-state index in [1.807, 2.05) is 33.8 Å². The lowest BCUT2D eigenvalue weighted by Gasteiger charge is -2.64. The zero-order valence-corrected chi connectivity index (χ0v) is 21.7. The number of rotatable bonds is 6. The molecule has 1 aromatic carbocycles. The normalized spacial score (nSPS) is 32.0. The van der Waals surface area contributed by atoms with E-state index in [9.17, 15) is 4.79 Å². The van der Waals surface area contributed by atoms with Crippen molar-refractivity contribution in [3.8, 4) is 5.75 Å². The Labute approximate surface area is 204 Å². The van der Waals surface area contributed by atoms with E-state index >= 15 is 0 Å². The van der Waals surface area contributed by atoms with Crippen LogP contribution in [0.3, 0.4) is 0 Å². The molecule has 3 saturated carbocycles. The minimum absolute atomic E-state index is 0.0219. The van der Waals surface area contributed by atoms with Gasteiger partial charge in [0.2, 0.25) is 0 Å². The van der Waals surface area contributed by atoms with Gasteiger partial charge in [0.05, 0.1) is 24.9 Å². The van der Waals surface area contributed by atoms with Crippen molar-refractivity contribution in [2.75, 3.05) is 13.2 Å². The predicted octanol–water partition coefficient (Wildman–Crippen LogP) is 5.00. The van der Waals surface area contributed by atoms with Gasteiger partial charge >= 0.3 is 13.1 Å². The fourth-order valence-electron chi connectivity index (χ4n) is 6.49. The average Bonchev–Trinajstić information content (AvgIpc) is 3.04. The molecule has 0 radical (unpaired) electrons. The first kappa shape index (κ1) is 24.1. The van der Waals surface area contributed by atoms with Gasteiger partial charge in [0.25, 0.3) is 0 Å². The molecule has 0 amide bonds. The Hall–Kier alpha value is -1.57. The summed E-state index contributed by atoms with van der Waals surface area (Å²) in [6.07, 6.45) is 4.03. The standard InChI is InChI=1S/C27H39BO6/c1-16-17(8-9-20(31-19-14-30-15-19)23(16)24(29)32-25(2,3)4)10-11-28-33-22-13-18-12-21(26(18,5)6)27(22,7)34-28/h8-9,18-19,21-22H,10-15H2,1-7H3/t18?,21?,22?,27-/m0/s1. The number of ether oxygens (including phenoxy) is 3. The topological polar surface area (TPSA) is 63.2 Å². The number of carbonyl (C=O) groups excluding carboxylic acids is 1. The van der Waals surface area contributed by atoms with Gasteiger partial charge in [-0.1, -0.05) is 19.9 Å². The van der Waals surface area contributed by atoms with E-state index in [1.54, 1.807) is 0 Å². The molecule has 2 bridgehead atoms. The van der Waals surface area contributed by atoms with Gasteiger partial charge < -0.3 is 23.5 Å². The van der Waals surface area contributed by atoms with E-state index in [4.69, 9.17) is 23.5 Å². The molecule has 4 atom stereocenters. The number of benzene rings is 1. The summed E-state index contributed by atoms with van der Waals surface area (Å²) in [5, 5.41) is 0. The van der Waals surface area contributed by atoms with Crippen LogP contribution in [0.5, 0.6) is 5.75 Å². The van der Waals surface area contributed by atoms with E-state index in [-0.39, 0.29) is 30.9 Å². The molecule has 2 saturated heterocycles. The summed E-state index contributed by atoms with van der Waals surface area (Å²) in [6.45, 7) is 15.7. The van der Waals surface area contributed by atoms with Crippen molar-refractivity contribution in [2.45, 2.75) is 97.5 Å². The second kappa shape index (κ2) is 8.24. The van der Waals surface area contributed by atoms with Gasteiger partial charge in [0, 0.05) is 0 Å². The molecule has 34 heavy (non-hydrogen) atoms. The average molecular weight is 470 g/mol. The van der Waals surface area contributed by atoms with Crippen LogP contribution in [0.15, 0.2) is 12.1 Å². The summed E-state index contributed by atoms with van der Waals surface area (Å²) in [7, 11) is -0.211. The minimum atomic E-state index is -0.581. The van der Waals surface area contributed by atoms with Crippen LogP contribution in [-0.4, -0.2) is 49.7 Å². The van der Waals surface area contributed by atoms with Gasteiger partial charge in [-0.15, -0.1) is 0 Å². The Balaban J connectivity index is 1.31. The lowest BCUT2D eigenvalue weighted by Crippen LogP contribution is -2.65. The van der Waals surface area contributed by atoms with E-state index in [1.165, 1.54) is 6.42 Å². The third kappa shape index (κ3) is 4.08. The van der Waals surface area contributed by atoms with Crippen molar-refractivity contribution in [2.24, 2.45) is 17.3 Å². The quantitative estimate of drug-likeness (QED) is 0.431. The summed E-state index contributed by atoms with van der Waals surface area (Å²) >= 11 is 0. The van der Waals surface area contributed by atoms with Crippen LogP contribution < -0.4 is 4.74 Å². The van der Waals surface area contributed by atoms with Crippen molar-refractivity contribution in [3.63, 3.8) is 0 Å². The van der Waals surface area contributed by atoms with Crippen LogP contribution in [0.1, 0.15) is 75.9 Å². The van der Waals surface area contributed by atoms with Crippen molar-refractivity contribution in [1.82, 2.24) is 0 Å². The molecule has 7 heteroatoms. The monoisotopic (exact) mass is 470 g/mol. The maximum atomic E-state index is 13.1. The van der Waals surface area contributed by atoms with Crippen molar-refractivity contribution in [3.05, 3.63) is 28.8 Å². The Morgan fingerprint density at radius 3 is 2.53 bits per heavy atom. The van der Waals surface area contributed by atoms with Gasteiger partial charge in [0.1, 0.15) is 23.0 Å². The van der Waals surface area contributed by atoms with Crippen LogP contribution in [0.2, 0.25) is 6.32 Å². The zero-order chi connectivity index (χ0) is 24.5. The number of hydrogen-bond acceptors (Lipinski definition) is 6. The first-order valence-corrected chi connectivity index (χ1v) is 12.8. The van der Waals surface area contributed by atoms with Gasteiger partial charge in [-0.3, -0.25) is 0 Å². The van der Waals surface area contributed by atoms with Gasteiger partial charge in [0.15, 0.2) is 0 Å². The smallest absolute Gasteiger partial charge is 0.457 e. The number of esters is 1. The van der Waals surface area contributed by atoms with Crippen LogP contribution >= 0.6 is 0 Å². The fourth-order valence-corrected chi connectivity index (χ4v) is 6.49. The number of carbonyl (C=O) groups is 1. The van der Waals surface area contributed by atoms with Crippen LogP contribution in [0.4, 0.5) is 0 Å². The molecule has 5 fully saturated rings. The predicted molar refractivity (Wildman–Crippen MR) is 130 cm³/mol. The highest BCUT2D eigenvalue weighted by atomic mass is 16.7. The summed E-state index contributed by atoms with van der Waals surface area (Å²) in [5.41, 5.74) is 2.07. The third-order valence-corrected chi connectivity index (χ3v) is 8.69. The van der Waals surface area contributed by atoms with E-state index in [2.05, 4.69) is 26.8 Å². The van der Waals surface area contributed by atoms with Crippen molar-refractivity contribution in [1.29, 1.82) is 0 Å². The first-order valence-electron chi connectivity index (χ1n) is 12.8. The molecule has 0 N–H and O–H groups in total. The largest absolute Gasteiger partial charge is 0.485 e. The lowest BCUT2D eigenvalue weighted by atomic mass is 9.43. The molecular weight excluding hydrogens is 431 g/mol. The summed E-state index contributed by atoms with van der Waals surface area (Å²) < 4.78 is 30.0. The van der Waals surface area contributed by atoms with E-state index in [0.717, 1.165) is 36.2 Å². The summed E-state index contributed by atoms with van der Waals surface area (Å²) in [4.78, 5) is 13.1. The summed E-state index contributed by atoms with van der Waals surface area (Å²) in [6, 6.07) is 3.95. The maximum absolute atomic E-state index is 13.1. The molecule has 186 valence electrons. The van der Waals surface area contributed by atoms with Crippen LogP contribution in [0, 0.1) is 24.2 Å². The third-order valence-electron chi connectivity index (χ3n) is 8.69. The molecular formula is C27H39BO6. The molecule has 6 rings (SSSR count). The Morgan fingerprint density at radius 1 is 1.18 bits per heavy atom. The molecule has 5 aliphatic rings. The van der Waals surface area contributed by atoms with E-state index < -0.39 is 5.60 Å². The van der Waals surface area contributed by atoms with E-state index in [0.29, 0.717) is 35.9 Å². The number of aryl methyl sites for hydroxylation is 1. The molecule has 3 aliphatic carbocycles. The van der Waals surface area contributed by atoms with Gasteiger partial charge in [-0.2, -0.15) is 0 Å². The second-order valence-electron chi connectivity index (χ2n) is 12.4. The molecule has 0 aromatic heterocycles. The number of hydrogen-bond donors (Lipinski definition) is 0. The highest BCUT2D eigenvalue weighted by Gasteiger charge is 2.67. The van der Waals surface area contributed by atoms with Crippen LogP contribution in [-0.2, 0) is 25.2 Å². The summed E-state index contributed by atoms with van der Waals surface area (Å²) in [5.74, 6) is 1.51. The van der Waals surface area contributed by atoms with Gasteiger partial charge in [-0.25, -0.2) is 4.79 Å². The maximum Gasteiger partial charge on any atom is 0.457 e. The molecule has 0 spiro atoms. The van der Waals surface area contributed by atoms with Crippen molar-refractivity contribution >= 4 is 13.1 Å². The molecule has 2 aliphatic heterocycles. The van der Waals surface area contributed by atoms with Crippen molar-refractivity contribution < 1.29 is 28.3 Å². The first-order chi connectivity index (χ1) is 15.9. The highest BCUT2D eigenvalue weighted by molar-refractivity contribution is 6.45. The molecule has 3 unspecified atom stereocenters. The highest BCUT2D eigenvalue weighted by Crippen LogP contribution is 2.65. The zero-order valence-electron chi connectivity index (χ0n) is 21.7. The molecule has 2 heterocycles. The minimum Gasteiger partial charge on any atom is -0.485 e. The van der Waals surface area contributed by atoms with Gasteiger partial charge in [-0.05, 0) is 94.6 Å². The Bertz CT molecular complexity index is 965. The fraction of sp³-hybridized carbons (Fsp3) is 0.741. The molecule has 1 aromatic rings. The SMILES string of the molecule is Cc1c(CCB2OC3CC4CC(C4(C)C)[C@]3(C)O2)ccc(OC2COC2)c1C(=O)OC(C)(C)C. The molecule has 6 nitrogen and oxygen atoms in total. The Kier molecular flexibility index (Phi) is 5.85. The lowest BCUT2D eigenvalue weighted by molar-refractivity contribution is -0.199.